The second kappa shape index (κ2) is 9.52. The summed E-state index contributed by atoms with van der Waals surface area (Å²) in [6, 6.07) is 13.9. The molecule has 0 spiro atoms. The first-order chi connectivity index (χ1) is 16.0. The molecule has 0 aliphatic rings. The standard InChI is InChI=1S/C23H16FN5O4/c24-18-12-14(7-9-19(18)33-15-4-3-11-25-13-15)8-10-20(30)26-29-23(32)21-16-5-1-2-6-17(16)22(31)28-27-21/h1-13H,(H,26,30)(H,28,31)(H,29,32)/b10-8+. The zero-order chi connectivity index (χ0) is 23.2. The summed E-state index contributed by atoms with van der Waals surface area (Å²) in [6.07, 6.45) is 5.52. The SMILES string of the molecule is O=C(/C=C/c1ccc(Oc2cccnc2)c(F)c1)NNC(=O)c1n[nH]c(=O)c2ccccc12. The Kier molecular flexibility index (Phi) is 6.17. The van der Waals surface area contributed by atoms with Gasteiger partial charge in [0.1, 0.15) is 5.75 Å². The van der Waals surface area contributed by atoms with Crippen molar-refractivity contribution in [2.75, 3.05) is 0 Å². The van der Waals surface area contributed by atoms with Crippen LogP contribution in [0.2, 0.25) is 0 Å². The molecule has 0 bridgehead atoms. The predicted molar refractivity (Wildman–Crippen MR) is 118 cm³/mol. The summed E-state index contributed by atoms with van der Waals surface area (Å²) >= 11 is 0. The van der Waals surface area contributed by atoms with Crippen LogP contribution >= 0.6 is 0 Å². The highest BCUT2D eigenvalue weighted by atomic mass is 19.1. The van der Waals surface area contributed by atoms with Crippen LogP contribution in [0.15, 0.2) is 77.9 Å². The summed E-state index contributed by atoms with van der Waals surface area (Å²) in [5, 5.41) is 6.62. The number of hydrazine groups is 1. The van der Waals surface area contributed by atoms with Gasteiger partial charge in [-0.25, -0.2) is 9.49 Å². The molecule has 10 heteroatoms. The number of hydrogen-bond donors (Lipinski definition) is 3. The van der Waals surface area contributed by atoms with Crippen molar-refractivity contribution >= 4 is 28.7 Å². The van der Waals surface area contributed by atoms with Gasteiger partial charge in [0, 0.05) is 17.7 Å². The molecule has 3 N–H and O–H groups in total. The average molecular weight is 445 g/mol. The van der Waals surface area contributed by atoms with Crippen LogP contribution in [0.3, 0.4) is 0 Å². The van der Waals surface area contributed by atoms with Gasteiger partial charge in [-0.1, -0.05) is 24.3 Å². The van der Waals surface area contributed by atoms with E-state index in [-0.39, 0.29) is 11.4 Å². The van der Waals surface area contributed by atoms with E-state index in [1.165, 1.54) is 24.4 Å². The molecule has 0 aliphatic carbocycles. The van der Waals surface area contributed by atoms with E-state index in [4.69, 9.17) is 4.74 Å². The minimum absolute atomic E-state index is 0.0116. The van der Waals surface area contributed by atoms with E-state index in [0.717, 1.165) is 6.08 Å². The number of pyridine rings is 1. The number of amides is 2. The summed E-state index contributed by atoms with van der Waals surface area (Å²) in [5.74, 6) is -1.59. The average Bonchev–Trinajstić information content (AvgIpc) is 2.84. The van der Waals surface area contributed by atoms with Gasteiger partial charge >= 0.3 is 0 Å². The molecule has 0 saturated heterocycles. The van der Waals surface area contributed by atoms with E-state index in [2.05, 4.69) is 26.0 Å². The molecule has 0 atom stereocenters. The van der Waals surface area contributed by atoms with Crippen LogP contribution in [0.25, 0.3) is 16.8 Å². The number of nitrogens with one attached hydrogen (secondary N) is 3. The van der Waals surface area contributed by atoms with Gasteiger partial charge in [0.2, 0.25) is 0 Å². The van der Waals surface area contributed by atoms with Gasteiger partial charge in [0.05, 0.1) is 11.6 Å². The molecule has 4 aromatic rings. The van der Waals surface area contributed by atoms with Gasteiger partial charge in [-0.3, -0.25) is 30.2 Å². The highest BCUT2D eigenvalue weighted by Crippen LogP contribution is 2.24. The monoisotopic (exact) mass is 445 g/mol. The molecule has 0 saturated carbocycles. The molecule has 9 nitrogen and oxygen atoms in total. The van der Waals surface area contributed by atoms with E-state index in [1.807, 2.05) is 0 Å². The highest BCUT2D eigenvalue weighted by molar-refractivity contribution is 6.05. The first-order valence-electron chi connectivity index (χ1n) is 9.64. The number of halogens is 1. The zero-order valence-electron chi connectivity index (χ0n) is 16.9. The normalized spacial score (nSPS) is 10.8. The number of ether oxygens (including phenoxy) is 1. The van der Waals surface area contributed by atoms with E-state index in [0.29, 0.717) is 22.1 Å². The fourth-order valence-electron chi connectivity index (χ4n) is 2.92. The van der Waals surface area contributed by atoms with E-state index >= 15 is 0 Å². The van der Waals surface area contributed by atoms with Gasteiger partial charge in [0.15, 0.2) is 17.3 Å². The van der Waals surface area contributed by atoms with Gasteiger partial charge < -0.3 is 4.74 Å². The lowest BCUT2D eigenvalue weighted by Gasteiger charge is -2.07. The number of aromatic nitrogens is 3. The van der Waals surface area contributed by atoms with Crippen molar-refractivity contribution in [1.82, 2.24) is 26.0 Å². The number of carbonyl (C=O) groups is 2. The first kappa shape index (κ1) is 21.4. The fraction of sp³-hybridized carbons (Fsp3) is 0. The quantitative estimate of drug-likeness (QED) is 0.320. The Labute approximate surface area is 185 Å². The molecule has 2 aromatic carbocycles. The Morgan fingerprint density at radius 2 is 1.85 bits per heavy atom. The Morgan fingerprint density at radius 1 is 1.03 bits per heavy atom. The molecule has 0 aliphatic heterocycles. The van der Waals surface area contributed by atoms with E-state index in [9.17, 15) is 18.8 Å². The molecule has 0 fully saturated rings. The fourth-order valence-corrected chi connectivity index (χ4v) is 2.92. The summed E-state index contributed by atoms with van der Waals surface area (Å²) in [7, 11) is 0. The second-order valence-corrected chi connectivity index (χ2v) is 6.70. The molecule has 4 rings (SSSR count). The van der Waals surface area contributed by atoms with Crippen molar-refractivity contribution in [3.8, 4) is 11.5 Å². The molecular formula is C23H16FN5O4. The van der Waals surface area contributed by atoms with Crippen LogP contribution in [0, 0.1) is 5.82 Å². The smallest absolute Gasteiger partial charge is 0.290 e. The Hall–Kier alpha value is -4.86. The molecule has 2 heterocycles. The number of hydrogen-bond acceptors (Lipinski definition) is 6. The summed E-state index contributed by atoms with van der Waals surface area (Å²) in [6.45, 7) is 0. The Bertz CT molecular complexity index is 1420. The van der Waals surface area contributed by atoms with Crippen LogP contribution < -0.4 is 21.1 Å². The van der Waals surface area contributed by atoms with Gasteiger partial charge in [-0.05, 0) is 42.0 Å². The van der Waals surface area contributed by atoms with Crippen LogP contribution in [-0.2, 0) is 4.79 Å². The van der Waals surface area contributed by atoms with Crippen LogP contribution in [-0.4, -0.2) is 27.0 Å². The van der Waals surface area contributed by atoms with Crippen molar-refractivity contribution in [3.63, 3.8) is 0 Å². The molecule has 0 unspecified atom stereocenters. The van der Waals surface area contributed by atoms with Gasteiger partial charge in [-0.15, -0.1) is 0 Å². The summed E-state index contributed by atoms with van der Waals surface area (Å²) in [5.41, 5.74) is 4.34. The number of carbonyl (C=O) groups excluding carboxylic acids is 2. The molecule has 164 valence electrons. The maximum atomic E-state index is 14.3. The summed E-state index contributed by atoms with van der Waals surface area (Å²) < 4.78 is 19.7. The lowest BCUT2D eigenvalue weighted by atomic mass is 10.1. The molecular weight excluding hydrogens is 429 g/mol. The number of rotatable bonds is 5. The van der Waals surface area contributed by atoms with Crippen LogP contribution in [0.1, 0.15) is 16.1 Å². The Balaban J connectivity index is 1.38. The molecule has 2 aromatic heterocycles. The number of H-pyrrole nitrogens is 1. The number of aromatic amines is 1. The van der Waals surface area contributed by atoms with Crippen molar-refractivity contribution in [2.24, 2.45) is 0 Å². The third-order valence-corrected chi connectivity index (χ3v) is 4.46. The lowest BCUT2D eigenvalue weighted by Crippen LogP contribution is -2.41. The minimum atomic E-state index is -0.716. The summed E-state index contributed by atoms with van der Waals surface area (Å²) in [4.78, 5) is 40.1. The predicted octanol–water partition coefficient (Wildman–Crippen LogP) is 2.72. The van der Waals surface area contributed by atoms with Crippen molar-refractivity contribution < 1.29 is 18.7 Å². The third-order valence-electron chi connectivity index (χ3n) is 4.46. The van der Waals surface area contributed by atoms with E-state index in [1.54, 1.807) is 48.7 Å². The maximum absolute atomic E-state index is 14.3. The van der Waals surface area contributed by atoms with Crippen molar-refractivity contribution in [2.45, 2.75) is 0 Å². The van der Waals surface area contributed by atoms with Crippen molar-refractivity contribution in [3.05, 3.63) is 100 Å². The second-order valence-electron chi connectivity index (χ2n) is 6.70. The number of nitrogens with zero attached hydrogens (tertiary/aromatic N) is 2. The first-order valence-corrected chi connectivity index (χ1v) is 9.64. The zero-order valence-corrected chi connectivity index (χ0v) is 16.9. The van der Waals surface area contributed by atoms with Gasteiger partial charge in [0.25, 0.3) is 17.4 Å². The largest absolute Gasteiger partial charge is 0.453 e. The maximum Gasteiger partial charge on any atom is 0.290 e. The molecule has 33 heavy (non-hydrogen) atoms. The number of benzene rings is 2. The Morgan fingerprint density at radius 3 is 2.61 bits per heavy atom. The van der Waals surface area contributed by atoms with Gasteiger partial charge in [-0.2, -0.15) is 5.10 Å². The van der Waals surface area contributed by atoms with Crippen LogP contribution in [0.4, 0.5) is 4.39 Å². The van der Waals surface area contributed by atoms with Crippen LogP contribution in [0.5, 0.6) is 11.5 Å². The third kappa shape index (κ3) is 5.07. The minimum Gasteiger partial charge on any atom is -0.453 e. The number of fused-ring (bicyclic) bond motifs is 1. The highest BCUT2D eigenvalue weighted by Gasteiger charge is 2.14. The molecule has 2 amide bonds. The van der Waals surface area contributed by atoms with E-state index < -0.39 is 23.2 Å². The molecule has 0 radical (unpaired) electrons. The van der Waals surface area contributed by atoms with Crippen molar-refractivity contribution in [1.29, 1.82) is 0 Å². The topological polar surface area (TPSA) is 126 Å². The lowest BCUT2D eigenvalue weighted by molar-refractivity contribution is -0.117.